The summed E-state index contributed by atoms with van der Waals surface area (Å²) in [7, 11) is -3.61. The van der Waals surface area contributed by atoms with Crippen LogP contribution in [0.15, 0.2) is 83.8 Å². The quantitative estimate of drug-likeness (QED) is 0.346. The molecule has 3 aromatic carbocycles. The Labute approximate surface area is 198 Å². The molecule has 0 aliphatic heterocycles. The number of carbonyl (C=O) groups excluding carboxylic acids is 1. The number of imidazole rings is 1. The second-order valence-corrected chi connectivity index (χ2v) is 9.95. The number of aromatic nitrogens is 2. The first-order chi connectivity index (χ1) is 16.4. The van der Waals surface area contributed by atoms with E-state index in [0.717, 1.165) is 5.52 Å². The molecule has 0 bridgehead atoms. The molecule has 0 saturated heterocycles. The minimum absolute atomic E-state index is 0.00153. The number of ether oxygens (including phenoxy) is 1. The van der Waals surface area contributed by atoms with Crippen molar-refractivity contribution in [1.29, 1.82) is 0 Å². The number of ketones is 1. The lowest BCUT2D eigenvalue weighted by Gasteiger charge is -2.16. The fourth-order valence-electron chi connectivity index (χ4n) is 3.72. The Hall–Kier alpha value is -3.49. The van der Waals surface area contributed by atoms with Gasteiger partial charge in [0, 0.05) is 12.0 Å². The van der Waals surface area contributed by atoms with Crippen LogP contribution in [0.2, 0.25) is 0 Å². The highest BCUT2D eigenvalue weighted by Gasteiger charge is 2.22. The van der Waals surface area contributed by atoms with Gasteiger partial charge in [-0.25, -0.2) is 13.4 Å². The van der Waals surface area contributed by atoms with Crippen molar-refractivity contribution >= 4 is 26.7 Å². The molecule has 0 spiro atoms. The van der Waals surface area contributed by atoms with Crippen molar-refractivity contribution in [2.45, 2.75) is 36.6 Å². The van der Waals surface area contributed by atoms with Crippen molar-refractivity contribution in [3.8, 4) is 5.75 Å². The van der Waals surface area contributed by atoms with E-state index in [1.165, 1.54) is 0 Å². The number of fused-ring (bicyclic) bond motifs is 1. The van der Waals surface area contributed by atoms with Crippen molar-refractivity contribution in [2.75, 3.05) is 6.61 Å². The van der Waals surface area contributed by atoms with Gasteiger partial charge < -0.3 is 14.4 Å². The first-order valence-electron chi connectivity index (χ1n) is 11.0. The molecule has 0 aliphatic rings. The van der Waals surface area contributed by atoms with E-state index < -0.39 is 15.9 Å². The summed E-state index contributed by atoms with van der Waals surface area (Å²) in [6, 6.07) is 22.4. The van der Waals surface area contributed by atoms with Gasteiger partial charge in [0.1, 0.15) is 30.0 Å². The summed E-state index contributed by atoms with van der Waals surface area (Å²) < 4.78 is 33.3. The summed E-state index contributed by atoms with van der Waals surface area (Å²) in [6.45, 7) is 1.92. The lowest BCUT2D eigenvalue weighted by molar-refractivity contribution is 0.0927. The molecule has 0 fully saturated rings. The minimum Gasteiger partial charge on any atom is -0.491 e. The average molecular weight is 479 g/mol. The predicted molar refractivity (Wildman–Crippen MR) is 130 cm³/mol. The van der Waals surface area contributed by atoms with Gasteiger partial charge in [0.2, 0.25) is 0 Å². The molecule has 7 nitrogen and oxygen atoms in total. The number of benzene rings is 3. The van der Waals surface area contributed by atoms with Crippen molar-refractivity contribution < 1.29 is 23.1 Å². The van der Waals surface area contributed by atoms with E-state index in [0.29, 0.717) is 29.1 Å². The zero-order chi connectivity index (χ0) is 24.1. The number of hydrogen-bond donors (Lipinski definition) is 1. The van der Waals surface area contributed by atoms with E-state index in [1.54, 1.807) is 59.2 Å². The molecule has 4 aromatic rings. The van der Waals surface area contributed by atoms with E-state index in [9.17, 15) is 18.3 Å². The summed E-state index contributed by atoms with van der Waals surface area (Å²) in [5, 5.41) is 10.7. The minimum atomic E-state index is -3.61. The van der Waals surface area contributed by atoms with E-state index in [-0.39, 0.29) is 29.6 Å². The van der Waals surface area contributed by atoms with Crippen LogP contribution in [0.4, 0.5) is 0 Å². The molecule has 4 rings (SSSR count). The molecular weight excluding hydrogens is 452 g/mol. The van der Waals surface area contributed by atoms with Crippen LogP contribution in [0, 0.1) is 0 Å². The van der Waals surface area contributed by atoms with Gasteiger partial charge in [0.25, 0.3) is 0 Å². The maximum absolute atomic E-state index is 13.0. The van der Waals surface area contributed by atoms with Crippen molar-refractivity contribution in [1.82, 2.24) is 9.55 Å². The number of aliphatic hydroxyl groups excluding tert-OH is 1. The first kappa shape index (κ1) is 23.7. The number of hydrogen-bond acceptors (Lipinski definition) is 6. The van der Waals surface area contributed by atoms with E-state index in [4.69, 9.17) is 4.74 Å². The third kappa shape index (κ3) is 5.35. The van der Waals surface area contributed by atoms with Gasteiger partial charge in [-0.3, -0.25) is 4.79 Å². The average Bonchev–Trinajstić information content (AvgIpc) is 3.19. The number of nitrogens with zero attached hydrogens (tertiary/aromatic N) is 2. The molecular formula is C26H26N2O5S. The zero-order valence-corrected chi connectivity index (χ0v) is 19.6. The number of carbonyl (C=O) groups is 1. The number of Topliss-reactive ketones (excluding diaryl/α,β-unsaturated/α-hetero) is 1. The van der Waals surface area contributed by atoms with Gasteiger partial charge in [-0.05, 0) is 48.5 Å². The highest BCUT2D eigenvalue weighted by atomic mass is 32.2. The smallest absolute Gasteiger partial charge is 0.185 e. The molecule has 1 heterocycles. The Kier molecular flexibility index (Phi) is 7.09. The summed E-state index contributed by atoms with van der Waals surface area (Å²) in [5.41, 5.74) is 2.01. The normalized spacial score (nSPS) is 12.5. The van der Waals surface area contributed by atoms with E-state index in [1.807, 2.05) is 31.2 Å². The zero-order valence-electron chi connectivity index (χ0n) is 18.8. The largest absolute Gasteiger partial charge is 0.491 e. The van der Waals surface area contributed by atoms with Crippen LogP contribution in [-0.2, 0) is 22.1 Å². The molecule has 1 N–H and O–H groups in total. The Morgan fingerprint density at radius 3 is 2.38 bits per heavy atom. The Morgan fingerprint density at radius 1 is 1.00 bits per heavy atom. The molecule has 176 valence electrons. The van der Waals surface area contributed by atoms with Crippen molar-refractivity contribution in [3.63, 3.8) is 0 Å². The number of sulfone groups is 1. The second-order valence-electron chi connectivity index (χ2n) is 7.97. The highest BCUT2D eigenvalue weighted by Crippen LogP contribution is 2.22. The lowest BCUT2D eigenvalue weighted by atomic mass is 10.1. The summed E-state index contributed by atoms with van der Waals surface area (Å²) in [6.07, 6.45) is -0.479. The molecule has 1 aromatic heterocycles. The van der Waals surface area contributed by atoms with Crippen LogP contribution in [0.25, 0.3) is 11.0 Å². The maximum atomic E-state index is 13.0. The third-order valence-corrected chi connectivity index (χ3v) is 7.12. The van der Waals surface area contributed by atoms with Crippen LogP contribution in [0.3, 0.4) is 0 Å². The summed E-state index contributed by atoms with van der Waals surface area (Å²) in [5.74, 6) is 0.656. The molecule has 0 amide bonds. The van der Waals surface area contributed by atoms with E-state index >= 15 is 0 Å². The molecule has 0 aliphatic carbocycles. The van der Waals surface area contributed by atoms with Gasteiger partial charge in [0.05, 0.1) is 22.5 Å². The molecule has 0 saturated carbocycles. The van der Waals surface area contributed by atoms with Gasteiger partial charge >= 0.3 is 0 Å². The van der Waals surface area contributed by atoms with Gasteiger partial charge in [0.15, 0.2) is 15.6 Å². The lowest BCUT2D eigenvalue weighted by Crippen LogP contribution is -2.25. The fraction of sp³-hybridized carbons (Fsp3) is 0.231. The topological polar surface area (TPSA) is 98.5 Å². The van der Waals surface area contributed by atoms with Gasteiger partial charge in [-0.2, -0.15) is 0 Å². The summed E-state index contributed by atoms with van der Waals surface area (Å²) in [4.78, 5) is 16.5. The van der Waals surface area contributed by atoms with E-state index in [2.05, 4.69) is 4.98 Å². The van der Waals surface area contributed by atoms with Crippen LogP contribution in [0.1, 0.15) is 29.5 Å². The Morgan fingerprint density at radius 2 is 1.68 bits per heavy atom. The third-order valence-electron chi connectivity index (χ3n) is 5.49. The fourth-order valence-corrected chi connectivity index (χ4v) is 5.02. The van der Waals surface area contributed by atoms with Crippen molar-refractivity contribution in [2.24, 2.45) is 0 Å². The van der Waals surface area contributed by atoms with Gasteiger partial charge in [-0.1, -0.05) is 37.3 Å². The monoisotopic (exact) mass is 478 g/mol. The summed E-state index contributed by atoms with van der Waals surface area (Å²) >= 11 is 0. The molecule has 34 heavy (non-hydrogen) atoms. The Bertz CT molecular complexity index is 1380. The van der Waals surface area contributed by atoms with Crippen LogP contribution >= 0.6 is 0 Å². The van der Waals surface area contributed by atoms with Crippen LogP contribution in [-0.4, -0.2) is 41.6 Å². The van der Waals surface area contributed by atoms with Crippen molar-refractivity contribution in [3.05, 3.63) is 90.3 Å². The number of rotatable bonds is 10. The highest BCUT2D eigenvalue weighted by molar-refractivity contribution is 7.90. The second kappa shape index (κ2) is 10.2. The maximum Gasteiger partial charge on any atom is 0.185 e. The molecule has 0 radical (unpaired) electrons. The number of para-hydroxylation sites is 2. The molecule has 8 heteroatoms. The first-order valence-corrected chi connectivity index (χ1v) is 12.7. The SMILES string of the molecule is CCC(=O)c1ccc(OCC(O)Cn2c(CS(=O)(=O)c3ccccc3)nc3ccccc32)cc1. The predicted octanol–water partition coefficient (Wildman–Crippen LogP) is 4.04. The van der Waals surface area contributed by atoms with Crippen LogP contribution < -0.4 is 4.74 Å². The molecule has 1 unspecified atom stereocenters. The van der Waals surface area contributed by atoms with Gasteiger partial charge in [-0.15, -0.1) is 0 Å². The van der Waals surface area contributed by atoms with Crippen LogP contribution in [0.5, 0.6) is 5.75 Å². The number of aliphatic hydroxyl groups is 1. The molecule has 1 atom stereocenters. The standard InChI is InChI=1S/C26H26N2O5S/c1-2-25(30)19-12-14-21(15-13-19)33-17-20(29)16-28-24-11-7-6-10-23(24)27-26(28)18-34(31,32)22-8-4-3-5-9-22/h3-15,20,29H,2,16-18H2,1H3. The Balaban J connectivity index is 1.51.